The standard InChI is InChI=1S/C34H29F4N9O2S2/c35-18-13-34(4-1-6-47(34)16-18)17-49-33-43-28-21(15-42-27(26(28)38)19-2-3-22(36)29-25(19)20(14-39)30(40)51-29)31(44-33)45-7-9-46(10-8-45)32(48)23(37)12-24-41-5-11-50-24/h2-3,5,11-12,15,18H,1,4,6-10,13,16-17,40H2/b23-12-/t18?,34-/m0/s1. The number of aromatic nitrogens is 4. The molecule has 3 fully saturated rings. The van der Waals surface area contributed by atoms with Crippen molar-refractivity contribution < 1.29 is 27.1 Å². The summed E-state index contributed by atoms with van der Waals surface area (Å²) in [6.45, 7) is 1.92. The minimum Gasteiger partial charge on any atom is -0.461 e. The summed E-state index contributed by atoms with van der Waals surface area (Å²) in [5.41, 5.74) is 5.39. The van der Waals surface area contributed by atoms with Crippen molar-refractivity contribution in [3.8, 4) is 23.3 Å². The van der Waals surface area contributed by atoms with Crippen LogP contribution in [0.25, 0.3) is 38.3 Å². The van der Waals surface area contributed by atoms with Crippen LogP contribution in [0.15, 0.2) is 35.7 Å². The molecule has 3 saturated heterocycles. The molecule has 11 nitrogen and oxygen atoms in total. The zero-order chi connectivity index (χ0) is 35.4. The first-order valence-corrected chi connectivity index (χ1v) is 18.0. The Morgan fingerprint density at radius 2 is 2.00 bits per heavy atom. The molecule has 51 heavy (non-hydrogen) atoms. The Kier molecular flexibility index (Phi) is 8.47. The van der Waals surface area contributed by atoms with Crippen molar-refractivity contribution in [3.63, 3.8) is 0 Å². The van der Waals surface area contributed by atoms with E-state index in [1.54, 1.807) is 5.38 Å². The number of piperazine rings is 1. The van der Waals surface area contributed by atoms with Gasteiger partial charge in [-0.25, -0.2) is 22.5 Å². The number of carbonyl (C=O) groups excluding carboxylic acids is 1. The first kappa shape index (κ1) is 33.2. The third-order valence-electron chi connectivity index (χ3n) is 9.83. The SMILES string of the molecule is N#Cc1c(N)sc2c(F)ccc(-c3ncc4c(N5CCN(C(=O)/C(F)=C/c6nccs6)CC5)nc(OC[C@@]56CCCN5CC(F)C6)nc4c3F)c12. The third-order valence-corrected chi connectivity index (χ3v) is 11.6. The molecule has 3 aliphatic heterocycles. The second kappa shape index (κ2) is 13.0. The number of ether oxygens (including phenoxy) is 1. The van der Waals surface area contributed by atoms with E-state index >= 15 is 4.39 Å². The number of thiophene rings is 1. The molecule has 262 valence electrons. The van der Waals surface area contributed by atoms with Crippen LogP contribution < -0.4 is 15.4 Å². The summed E-state index contributed by atoms with van der Waals surface area (Å²) in [5.74, 6) is -2.86. The van der Waals surface area contributed by atoms with Gasteiger partial charge in [0.05, 0.1) is 21.2 Å². The van der Waals surface area contributed by atoms with E-state index < -0.39 is 35.1 Å². The van der Waals surface area contributed by atoms with Crippen molar-refractivity contribution in [2.45, 2.75) is 31.0 Å². The predicted octanol–water partition coefficient (Wildman–Crippen LogP) is 5.71. The Morgan fingerprint density at radius 3 is 2.76 bits per heavy atom. The summed E-state index contributed by atoms with van der Waals surface area (Å²) in [5, 5.41) is 12.4. The van der Waals surface area contributed by atoms with Gasteiger partial charge < -0.3 is 20.3 Å². The molecule has 0 aliphatic carbocycles. The maximum atomic E-state index is 16.8. The van der Waals surface area contributed by atoms with Crippen LogP contribution in [-0.2, 0) is 4.79 Å². The van der Waals surface area contributed by atoms with Crippen molar-refractivity contribution in [1.82, 2.24) is 29.7 Å². The number of hydrogen-bond acceptors (Lipinski definition) is 12. The zero-order valence-corrected chi connectivity index (χ0v) is 28.5. The lowest BCUT2D eigenvalue weighted by molar-refractivity contribution is -0.128. The molecule has 0 saturated carbocycles. The van der Waals surface area contributed by atoms with Crippen molar-refractivity contribution in [1.29, 1.82) is 5.26 Å². The lowest BCUT2D eigenvalue weighted by Gasteiger charge is -2.35. The van der Waals surface area contributed by atoms with Gasteiger partial charge in [-0.15, -0.1) is 22.7 Å². The van der Waals surface area contributed by atoms with Gasteiger partial charge in [0.15, 0.2) is 11.6 Å². The Labute approximate surface area is 296 Å². The first-order valence-electron chi connectivity index (χ1n) is 16.3. The van der Waals surface area contributed by atoms with E-state index in [0.29, 0.717) is 18.0 Å². The van der Waals surface area contributed by atoms with E-state index in [9.17, 15) is 23.2 Å². The smallest absolute Gasteiger partial charge is 0.319 e. The highest BCUT2D eigenvalue weighted by molar-refractivity contribution is 7.23. The quantitative estimate of drug-likeness (QED) is 0.164. The summed E-state index contributed by atoms with van der Waals surface area (Å²) < 4.78 is 67.2. The Morgan fingerprint density at radius 1 is 1.18 bits per heavy atom. The second-order valence-corrected chi connectivity index (χ2v) is 14.7. The number of amides is 1. The zero-order valence-electron chi connectivity index (χ0n) is 26.9. The predicted molar refractivity (Wildman–Crippen MR) is 186 cm³/mol. The largest absolute Gasteiger partial charge is 0.461 e. The number of benzene rings is 1. The van der Waals surface area contributed by atoms with Gasteiger partial charge in [-0.05, 0) is 31.5 Å². The molecule has 2 atom stereocenters. The number of anilines is 2. The van der Waals surface area contributed by atoms with Gasteiger partial charge in [0.25, 0.3) is 5.91 Å². The number of nitrogens with two attached hydrogens (primary N) is 1. The van der Waals surface area contributed by atoms with Gasteiger partial charge in [-0.3, -0.25) is 14.7 Å². The summed E-state index contributed by atoms with van der Waals surface area (Å²) in [6, 6.07) is 4.38. The van der Waals surface area contributed by atoms with Crippen LogP contribution >= 0.6 is 22.7 Å². The average molecular weight is 736 g/mol. The highest BCUT2D eigenvalue weighted by atomic mass is 32.1. The van der Waals surface area contributed by atoms with Crippen LogP contribution in [0.1, 0.15) is 29.8 Å². The van der Waals surface area contributed by atoms with Crippen molar-refractivity contribution >= 4 is 66.5 Å². The molecule has 5 aromatic rings. The Balaban J connectivity index is 1.17. The van der Waals surface area contributed by atoms with Crippen LogP contribution in [-0.4, -0.2) is 93.2 Å². The summed E-state index contributed by atoms with van der Waals surface area (Å²) >= 11 is 2.10. The van der Waals surface area contributed by atoms with Gasteiger partial charge in [0.1, 0.15) is 51.7 Å². The molecule has 0 radical (unpaired) electrons. The first-order chi connectivity index (χ1) is 24.7. The summed E-state index contributed by atoms with van der Waals surface area (Å²) in [7, 11) is 0. The van der Waals surface area contributed by atoms with Crippen LogP contribution in [0.3, 0.4) is 0 Å². The maximum Gasteiger partial charge on any atom is 0.319 e. The van der Waals surface area contributed by atoms with Crippen LogP contribution in [0.5, 0.6) is 6.01 Å². The van der Waals surface area contributed by atoms with Crippen molar-refractivity contribution in [2.75, 3.05) is 56.5 Å². The number of alkyl halides is 1. The number of nitrogen functional groups attached to an aromatic ring is 1. The molecule has 0 bridgehead atoms. The molecule has 0 spiro atoms. The topological polar surface area (TPSA) is 137 Å². The monoisotopic (exact) mass is 735 g/mol. The molecule has 1 amide bonds. The lowest BCUT2D eigenvalue weighted by atomic mass is 9.95. The lowest BCUT2D eigenvalue weighted by Crippen LogP contribution is -2.49. The van der Waals surface area contributed by atoms with E-state index in [1.807, 2.05) is 11.0 Å². The van der Waals surface area contributed by atoms with Crippen LogP contribution in [0, 0.1) is 23.0 Å². The van der Waals surface area contributed by atoms with Gasteiger partial charge in [-0.1, -0.05) is 0 Å². The fourth-order valence-electron chi connectivity index (χ4n) is 7.41. The number of hydrogen-bond donors (Lipinski definition) is 1. The van der Waals surface area contributed by atoms with Crippen LogP contribution in [0.4, 0.5) is 28.4 Å². The van der Waals surface area contributed by atoms with Gasteiger partial charge in [0, 0.05) is 73.9 Å². The fraction of sp³-hybridized carbons (Fsp3) is 0.353. The number of pyridine rings is 1. The Bertz CT molecular complexity index is 2250. The second-order valence-electron chi connectivity index (χ2n) is 12.8. The average Bonchev–Trinajstić information content (AvgIpc) is 3.91. The van der Waals surface area contributed by atoms with E-state index in [0.717, 1.165) is 36.8 Å². The van der Waals surface area contributed by atoms with Crippen molar-refractivity contribution in [2.24, 2.45) is 0 Å². The van der Waals surface area contributed by atoms with E-state index in [2.05, 4.69) is 24.8 Å². The fourth-order valence-corrected chi connectivity index (χ4v) is 8.91. The van der Waals surface area contributed by atoms with Gasteiger partial charge in [0.2, 0.25) is 0 Å². The Hall–Kier alpha value is -4.92. The van der Waals surface area contributed by atoms with E-state index in [4.69, 9.17) is 10.5 Å². The molecule has 2 N–H and O–H groups in total. The number of rotatable bonds is 7. The number of fused-ring (bicyclic) bond motifs is 3. The van der Waals surface area contributed by atoms with E-state index in [-0.39, 0.29) is 87.4 Å². The van der Waals surface area contributed by atoms with E-state index in [1.165, 1.54) is 40.8 Å². The summed E-state index contributed by atoms with van der Waals surface area (Å²) in [4.78, 5) is 35.8. The number of nitrogens with zero attached hydrogens (tertiary/aromatic N) is 8. The number of thiazole rings is 1. The highest BCUT2D eigenvalue weighted by Crippen LogP contribution is 2.43. The number of carbonyl (C=O) groups is 1. The molecule has 4 aromatic heterocycles. The molecular formula is C34H29F4N9O2S2. The van der Waals surface area contributed by atoms with Gasteiger partial charge in [-0.2, -0.15) is 15.2 Å². The molecule has 8 rings (SSSR count). The molecule has 7 heterocycles. The summed E-state index contributed by atoms with van der Waals surface area (Å²) in [6.07, 6.45) is 5.00. The van der Waals surface area contributed by atoms with Gasteiger partial charge >= 0.3 is 6.01 Å². The minimum atomic E-state index is -0.981. The normalized spacial score (nSPS) is 21.1. The molecule has 17 heteroatoms. The minimum absolute atomic E-state index is 0.0200. The maximum absolute atomic E-state index is 16.8. The third kappa shape index (κ3) is 5.80. The molecule has 1 unspecified atom stereocenters. The van der Waals surface area contributed by atoms with Crippen molar-refractivity contribution in [3.05, 3.63) is 57.9 Å². The molecule has 1 aromatic carbocycles. The number of halogens is 4. The molecular weight excluding hydrogens is 707 g/mol. The highest BCUT2D eigenvalue weighted by Gasteiger charge is 2.49. The van der Waals surface area contributed by atoms with Crippen LogP contribution in [0.2, 0.25) is 0 Å². The number of nitriles is 1. The molecule has 3 aliphatic rings.